The van der Waals surface area contributed by atoms with E-state index in [9.17, 15) is 0 Å². The normalized spacial score (nSPS) is 12.1. The molecule has 0 aliphatic heterocycles. The van der Waals surface area contributed by atoms with Crippen molar-refractivity contribution in [3.8, 4) is 0 Å². The van der Waals surface area contributed by atoms with E-state index in [0.717, 1.165) is 5.69 Å². The highest BCUT2D eigenvalue weighted by molar-refractivity contribution is 5.87. The molecule has 1 heteroatoms. The zero-order chi connectivity index (χ0) is 12.8. The highest BCUT2D eigenvalue weighted by Gasteiger charge is 2.19. The van der Waals surface area contributed by atoms with Crippen LogP contribution in [-0.2, 0) is 5.41 Å². The number of nitrogens with zero attached hydrogens (tertiary/aromatic N) is 1. The van der Waals surface area contributed by atoms with Crippen LogP contribution in [0.4, 0.5) is 0 Å². The second kappa shape index (κ2) is 3.83. The first-order valence-corrected chi connectivity index (χ1v) is 6.19. The van der Waals surface area contributed by atoms with Crippen molar-refractivity contribution in [2.75, 3.05) is 0 Å². The van der Waals surface area contributed by atoms with Gasteiger partial charge in [0, 0.05) is 11.1 Å². The van der Waals surface area contributed by atoms with Gasteiger partial charge < -0.3 is 0 Å². The average molecular weight is 227 g/mol. The Kier molecular flexibility index (Phi) is 2.73. The fourth-order valence-electron chi connectivity index (χ4n) is 2.24. The van der Waals surface area contributed by atoms with E-state index in [2.05, 4.69) is 59.7 Å². The summed E-state index contributed by atoms with van der Waals surface area (Å²) < 4.78 is 0. The Morgan fingerprint density at radius 1 is 1.00 bits per heavy atom. The molecule has 1 aromatic heterocycles. The number of hydrogen-bond acceptors (Lipinski definition) is 1. The molecule has 0 bridgehead atoms. The van der Waals surface area contributed by atoms with Crippen molar-refractivity contribution >= 4 is 10.9 Å². The van der Waals surface area contributed by atoms with E-state index < -0.39 is 0 Å². The third-order valence-corrected chi connectivity index (χ3v) is 3.45. The topological polar surface area (TPSA) is 12.9 Å². The Morgan fingerprint density at radius 3 is 2.24 bits per heavy atom. The Labute approximate surface area is 104 Å². The summed E-state index contributed by atoms with van der Waals surface area (Å²) in [4.78, 5) is 4.74. The summed E-state index contributed by atoms with van der Waals surface area (Å²) in [5.41, 5.74) is 6.44. The summed E-state index contributed by atoms with van der Waals surface area (Å²) in [7, 11) is 0. The van der Waals surface area contributed by atoms with Crippen LogP contribution < -0.4 is 0 Å². The Bertz CT molecular complexity index is 574. The van der Waals surface area contributed by atoms with Crippen LogP contribution in [0.2, 0.25) is 0 Å². The van der Waals surface area contributed by atoms with Gasteiger partial charge in [-0.15, -0.1) is 0 Å². The standard InChI is InChI=1S/C16H21N/c1-10-9-14(16(4,5)6)15-13(12(10)3)8-7-11(2)17-15/h7-9H,1-6H3. The highest BCUT2D eigenvalue weighted by atomic mass is 14.7. The van der Waals surface area contributed by atoms with Crippen molar-refractivity contribution in [1.29, 1.82) is 0 Å². The minimum Gasteiger partial charge on any atom is -0.253 e. The largest absolute Gasteiger partial charge is 0.253 e. The van der Waals surface area contributed by atoms with Crippen LogP contribution in [0.5, 0.6) is 0 Å². The molecule has 1 nitrogen and oxygen atoms in total. The van der Waals surface area contributed by atoms with Crippen molar-refractivity contribution < 1.29 is 0 Å². The lowest BCUT2D eigenvalue weighted by atomic mass is 9.83. The lowest BCUT2D eigenvalue weighted by Crippen LogP contribution is -2.13. The van der Waals surface area contributed by atoms with E-state index in [0.29, 0.717) is 0 Å². The molecule has 0 amide bonds. The van der Waals surface area contributed by atoms with Gasteiger partial charge in [0.2, 0.25) is 0 Å². The third kappa shape index (κ3) is 2.06. The summed E-state index contributed by atoms with van der Waals surface area (Å²) in [6.07, 6.45) is 0. The zero-order valence-electron chi connectivity index (χ0n) is 11.7. The number of rotatable bonds is 0. The van der Waals surface area contributed by atoms with Gasteiger partial charge in [-0.25, -0.2) is 0 Å². The Hall–Kier alpha value is -1.37. The predicted octanol–water partition coefficient (Wildman–Crippen LogP) is 4.46. The van der Waals surface area contributed by atoms with E-state index in [1.807, 2.05) is 0 Å². The van der Waals surface area contributed by atoms with Gasteiger partial charge in [0.05, 0.1) is 5.52 Å². The summed E-state index contributed by atoms with van der Waals surface area (Å²) >= 11 is 0. The van der Waals surface area contributed by atoms with Gasteiger partial charge in [-0.2, -0.15) is 0 Å². The second-order valence-electron chi connectivity index (χ2n) is 5.96. The molecule has 1 heterocycles. The maximum absolute atomic E-state index is 4.74. The molecule has 0 saturated carbocycles. The molecular weight excluding hydrogens is 206 g/mol. The van der Waals surface area contributed by atoms with Gasteiger partial charge in [0.1, 0.15) is 0 Å². The van der Waals surface area contributed by atoms with E-state index in [4.69, 9.17) is 4.98 Å². The van der Waals surface area contributed by atoms with Crippen molar-refractivity contribution in [2.45, 2.75) is 47.0 Å². The molecule has 0 aliphatic carbocycles. The molecule has 0 atom stereocenters. The number of hydrogen-bond donors (Lipinski definition) is 0. The monoisotopic (exact) mass is 227 g/mol. The van der Waals surface area contributed by atoms with E-state index >= 15 is 0 Å². The Balaban J connectivity index is 2.93. The Morgan fingerprint density at radius 2 is 1.65 bits per heavy atom. The summed E-state index contributed by atoms with van der Waals surface area (Å²) in [5, 5.41) is 1.29. The molecule has 0 radical (unpaired) electrons. The smallest absolute Gasteiger partial charge is 0.0745 e. The van der Waals surface area contributed by atoms with Gasteiger partial charge in [0.15, 0.2) is 0 Å². The first-order chi connectivity index (χ1) is 7.80. The quantitative estimate of drug-likeness (QED) is 0.647. The van der Waals surface area contributed by atoms with Crippen LogP contribution in [0.25, 0.3) is 10.9 Å². The minimum atomic E-state index is 0.136. The SMILES string of the molecule is Cc1ccc2c(C)c(C)cc(C(C)(C)C)c2n1. The van der Waals surface area contributed by atoms with Crippen LogP contribution in [0.15, 0.2) is 18.2 Å². The average Bonchev–Trinajstić information content (AvgIpc) is 2.21. The van der Waals surface area contributed by atoms with E-state index in [-0.39, 0.29) is 5.41 Å². The summed E-state index contributed by atoms with van der Waals surface area (Å²) in [6.45, 7) is 13.2. The van der Waals surface area contributed by atoms with Gasteiger partial charge in [0.25, 0.3) is 0 Å². The first kappa shape index (κ1) is 12.1. The maximum atomic E-state index is 4.74. The molecular formula is C16H21N. The van der Waals surface area contributed by atoms with Crippen molar-refractivity contribution in [1.82, 2.24) is 4.98 Å². The first-order valence-electron chi connectivity index (χ1n) is 6.19. The molecule has 0 spiro atoms. The number of aromatic nitrogens is 1. The molecule has 90 valence electrons. The highest BCUT2D eigenvalue weighted by Crippen LogP contribution is 2.32. The van der Waals surface area contributed by atoms with Crippen LogP contribution in [-0.4, -0.2) is 4.98 Å². The van der Waals surface area contributed by atoms with Crippen LogP contribution >= 0.6 is 0 Å². The molecule has 2 rings (SSSR count). The van der Waals surface area contributed by atoms with Crippen molar-refractivity contribution in [3.05, 3.63) is 40.6 Å². The molecule has 2 aromatic rings. The molecule has 0 aliphatic rings. The fraction of sp³-hybridized carbons (Fsp3) is 0.438. The van der Waals surface area contributed by atoms with Crippen molar-refractivity contribution in [3.63, 3.8) is 0 Å². The van der Waals surface area contributed by atoms with E-state index in [1.165, 1.54) is 27.6 Å². The van der Waals surface area contributed by atoms with E-state index in [1.54, 1.807) is 0 Å². The van der Waals surface area contributed by atoms with Crippen molar-refractivity contribution in [2.24, 2.45) is 0 Å². The lowest BCUT2D eigenvalue weighted by Gasteiger charge is -2.23. The van der Waals surface area contributed by atoms with Gasteiger partial charge in [-0.05, 0) is 48.9 Å². The molecule has 17 heavy (non-hydrogen) atoms. The van der Waals surface area contributed by atoms with Gasteiger partial charge >= 0.3 is 0 Å². The number of benzene rings is 1. The van der Waals surface area contributed by atoms with Gasteiger partial charge in [-0.1, -0.05) is 32.9 Å². The predicted molar refractivity (Wildman–Crippen MR) is 74.7 cm³/mol. The molecule has 0 N–H and O–H groups in total. The second-order valence-corrected chi connectivity index (χ2v) is 5.96. The van der Waals surface area contributed by atoms with Crippen LogP contribution in [0, 0.1) is 20.8 Å². The number of pyridine rings is 1. The lowest BCUT2D eigenvalue weighted by molar-refractivity contribution is 0.594. The fourth-order valence-corrected chi connectivity index (χ4v) is 2.24. The molecule has 0 fully saturated rings. The zero-order valence-corrected chi connectivity index (χ0v) is 11.7. The summed E-state index contributed by atoms with van der Waals surface area (Å²) in [5.74, 6) is 0. The maximum Gasteiger partial charge on any atom is 0.0745 e. The third-order valence-electron chi connectivity index (χ3n) is 3.45. The van der Waals surface area contributed by atoms with Crippen LogP contribution in [0.3, 0.4) is 0 Å². The number of fused-ring (bicyclic) bond motifs is 1. The molecule has 0 saturated heterocycles. The van der Waals surface area contributed by atoms with Gasteiger partial charge in [-0.3, -0.25) is 4.98 Å². The number of aryl methyl sites for hydroxylation is 3. The molecule has 1 aromatic carbocycles. The minimum absolute atomic E-state index is 0.136. The molecule has 0 unspecified atom stereocenters. The van der Waals surface area contributed by atoms with Crippen LogP contribution in [0.1, 0.15) is 43.2 Å². The summed E-state index contributed by atoms with van der Waals surface area (Å²) in [6, 6.07) is 6.60.